The summed E-state index contributed by atoms with van der Waals surface area (Å²) in [4.78, 5) is 4.96. The maximum Gasteiger partial charge on any atom is 0.0865 e. The van der Waals surface area contributed by atoms with E-state index in [2.05, 4.69) is 23.9 Å². The molecule has 0 aliphatic rings. The molecule has 0 aliphatic heterocycles. The molecule has 0 heterocycles. The van der Waals surface area contributed by atoms with Crippen LogP contribution >= 0.6 is 12.2 Å². The van der Waals surface area contributed by atoms with Crippen molar-refractivity contribution in [3.63, 3.8) is 0 Å². The predicted octanol–water partition coefficient (Wildman–Crippen LogP) is 2.15. The van der Waals surface area contributed by atoms with E-state index in [1.165, 1.54) is 0 Å². The second-order valence-corrected chi connectivity index (χ2v) is 3.74. The summed E-state index contributed by atoms with van der Waals surface area (Å²) in [5.41, 5.74) is 3.93. The minimum absolute atomic E-state index is 0.773. The highest BCUT2D eigenvalue weighted by Crippen LogP contribution is 1.99. The average Bonchev–Trinajstić information content (AvgIpc) is 2.10. The molecule has 0 saturated heterocycles. The fourth-order valence-corrected chi connectivity index (χ4v) is 1.06. The molecule has 80 valence electrons. The van der Waals surface area contributed by atoms with E-state index in [0.717, 1.165) is 30.1 Å². The van der Waals surface area contributed by atoms with Gasteiger partial charge in [-0.05, 0) is 13.3 Å². The van der Waals surface area contributed by atoms with Gasteiger partial charge in [-0.2, -0.15) is 0 Å². The quantitative estimate of drug-likeness (QED) is 0.416. The molecule has 0 aromatic heterocycles. The standard InChI is InChI=1S/C10H19N3S/c1-5-7-11-9(2)6-8-13(4)12-10(3)14/h7H,2,5-6,8H2,1,3-4H3,(H,12,14). The van der Waals surface area contributed by atoms with Crippen molar-refractivity contribution in [2.45, 2.75) is 26.7 Å². The monoisotopic (exact) mass is 213 g/mol. The summed E-state index contributed by atoms with van der Waals surface area (Å²) in [5, 5.41) is 1.94. The molecule has 0 unspecified atom stereocenters. The summed E-state index contributed by atoms with van der Waals surface area (Å²) < 4.78 is 0. The molecule has 0 aromatic rings. The van der Waals surface area contributed by atoms with Gasteiger partial charge < -0.3 is 5.43 Å². The summed E-state index contributed by atoms with van der Waals surface area (Å²) in [6.07, 6.45) is 3.68. The molecule has 4 heteroatoms. The van der Waals surface area contributed by atoms with E-state index in [1.54, 1.807) is 0 Å². The Morgan fingerprint density at radius 3 is 2.79 bits per heavy atom. The van der Waals surface area contributed by atoms with Crippen LogP contribution < -0.4 is 5.43 Å². The first-order valence-electron chi connectivity index (χ1n) is 4.75. The molecule has 0 saturated carbocycles. The van der Waals surface area contributed by atoms with E-state index < -0.39 is 0 Å². The lowest BCUT2D eigenvalue weighted by Gasteiger charge is -2.17. The summed E-state index contributed by atoms with van der Waals surface area (Å²) in [6, 6.07) is 0. The fourth-order valence-electron chi connectivity index (χ4n) is 0.906. The maximum atomic E-state index is 4.92. The number of thiocarbonyl (C=S) groups is 1. The molecule has 0 amide bonds. The van der Waals surface area contributed by atoms with Crippen molar-refractivity contribution >= 4 is 23.4 Å². The van der Waals surface area contributed by atoms with Crippen molar-refractivity contribution < 1.29 is 0 Å². The van der Waals surface area contributed by atoms with Gasteiger partial charge in [-0.1, -0.05) is 25.7 Å². The van der Waals surface area contributed by atoms with Crippen molar-refractivity contribution in [3.05, 3.63) is 12.3 Å². The number of nitrogens with one attached hydrogen (secondary N) is 1. The number of hydrazine groups is 1. The molecule has 0 atom stereocenters. The van der Waals surface area contributed by atoms with Gasteiger partial charge in [0, 0.05) is 31.9 Å². The summed E-state index contributed by atoms with van der Waals surface area (Å²) in [5.74, 6) is 0. The Morgan fingerprint density at radius 2 is 2.29 bits per heavy atom. The number of nitrogens with zero attached hydrogens (tertiary/aromatic N) is 2. The Bertz CT molecular complexity index is 223. The SMILES string of the molecule is C=C(CCN(C)NC(C)=S)N=CCC. The van der Waals surface area contributed by atoms with Gasteiger partial charge in [0.05, 0.1) is 4.99 Å². The zero-order valence-corrected chi connectivity index (χ0v) is 10.0. The van der Waals surface area contributed by atoms with Crippen molar-refractivity contribution in [3.8, 4) is 0 Å². The van der Waals surface area contributed by atoms with Gasteiger partial charge in [0.1, 0.15) is 0 Å². The highest BCUT2D eigenvalue weighted by Gasteiger charge is 1.98. The smallest absolute Gasteiger partial charge is 0.0865 e. The first kappa shape index (κ1) is 13.3. The van der Waals surface area contributed by atoms with Crippen LogP contribution in [0.1, 0.15) is 26.7 Å². The summed E-state index contributed by atoms with van der Waals surface area (Å²) >= 11 is 4.92. The first-order valence-corrected chi connectivity index (χ1v) is 5.15. The molecule has 1 N–H and O–H groups in total. The Balaban J connectivity index is 3.66. The average molecular weight is 213 g/mol. The van der Waals surface area contributed by atoms with Gasteiger partial charge in [0.25, 0.3) is 0 Å². The topological polar surface area (TPSA) is 27.6 Å². The predicted molar refractivity (Wildman–Crippen MR) is 66.6 cm³/mol. The van der Waals surface area contributed by atoms with Crippen LogP contribution in [-0.4, -0.2) is 29.8 Å². The Kier molecular flexibility index (Phi) is 7.24. The van der Waals surface area contributed by atoms with Gasteiger partial charge in [0.15, 0.2) is 0 Å². The highest BCUT2D eigenvalue weighted by molar-refractivity contribution is 7.80. The molecule has 0 aliphatic carbocycles. The fraction of sp³-hybridized carbons (Fsp3) is 0.600. The first-order chi connectivity index (χ1) is 6.56. The van der Waals surface area contributed by atoms with Gasteiger partial charge in [-0.3, -0.25) is 4.99 Å². The van der Waals surface area contributed by atoms with E-state index >= 15 is 0 Å². The molecule has 3 nitrogen and oxygen atoms in total. The second kappa shape index (κ2) is 7.64. The molecular formula is C10H19N3S. The Morgan fingerprint density at radius 1 is 1.64 bits per heavy atom. The number of rotatable bonds is 6. The van der Waals surface area contributed by atoms with Gasteiger partial charge in [-0.25, -0.2) is 5.01 Å². The van der Waals surface area contributed by atoms with Gasteiger partial charge in [-0.15, -0.1) is 0 Å². The van der Waals surface area contributed by atoms with Crippen LogP contribution in [0.3, 0.4) is 0 Å². The van der Waals surface area contributed by atoms with E-state index in [0.29, 0.717) is 0 Å². The Hall–Kier alpha value is -0.740. The summed E-state index contributed by atoms with van der Waals surface area (Å²) in [7, 11) is 1.95. The number of hydrogen-bond acceptors (Lipinski definition) is 3. The van der Waals surface area contributed by atoms with Crippen molar-refractivity contribution in [2.24, 2.45) is 4.99 Å². The third-order valence-electron chi connectivity index (χ3n) is 1.54. The van der Waals surface area contributed by atoms with Crippen LogP contribution in [0.2, 0.25) is 0 Å². The molecule has 0 rings (SSSR count). The largest absolute Gasteiger partial charge is 0.313 e. The minimum Gasteiger partial charge on any atom is -0.313 e. The van der Waals surface area contributed by atoms with E-state index in [1.807, 2.05) is 25.2 Å². The van der Waals surface area contributed by atoms with E-state index in [-0.39, 0.29) is 0 Å². The zero-order chi connectivity index (χ0) is 11.0. The summed E-state index contributed by atoms with van der Waals surface area (Å²) in [6.45, 7) is 8.63. The van der Waals surface area contributed by atoms with E-state index in [9.17, 15) is 0 Å². The van der Waals surface area contributed by atoms with Gasteiger partial charge >= 0.3 is 0 Å². The molecule has 0 radical (unpaired) electrons. The van der Waals surface area contributed by atoms with Crippen LogP contribution in [0.4, 0.5) is 0 Å². The minimum atomic E-state index is 0.773. The molecule has 0 aromatic carbocycles. The normalized spacial score (nSPS) is 10.9. The van der Waals surface area contributed by atoms with Crippen LogP contribution in [0.25, 0.3) is 0 Å². The highest BCUT2D eigenvalue weighted by atomic mass is 32.1. The third-order valence-corrected chi connectivity index (χ3v) is 1.63. The van der Waals surface area contributed by atoms with Crippen LogP contribution in [0.15, 0.2) is 17.3 Å². The lowest BCUT2D eigenvalue weighted by Crippen LogP contribution is -2.37. The molecule has 14 heavy (non-hydrogen) atoms. The van der Waals surface area contributed by atoms with Crippen molar-refractivity contribution in [1.82, 2.24) is 10.4 Å². The number of aliphatic imine (C=N–C) groups is 1. The van der Waals surface area contributed by atoms with E-state index in [4.69, 9.17) is 12.2 Å². The van der Waals surface area contributed by atoms with Crippen LogP contribution in [0, 0.1) is 0 Å². The lowest BCUT2D eigenvalue weighted by molar-refractivity contribution is 0.298. The van der Waals surface area contributed by atoms with Crippen molar-refractivity contribution in [2.75, 3.05) is 13.6 Å². The van der Waals surface area contributed by atoms with Crippen LogP contribution in [-0.2, 0) is 0 Å². The number of hydrogen-bond donors (Lipinski definition) is 1. The van der Waals surface area contributed by atoms with Crippen LogP contribution in [0.5, 0.6) is 0 Å². The molecule has 0 fully saturated rings. The van der Waals surface area contributed by atoms with Crippen molar-refractivity contribution in [1.29, 1.82) is 0 Å². The maximum absolute atomic E-state index is 4.92. The molecule has 0 bridgehead atoms. The zero-order valence-electron chi connectivity index (χ0n) is 9.21. The second-order valence-electron chi connectivity index (χ2n) is 3.13. The van der Waals surface area contributed by atoms with Gasteiger partial charge in [0.2, 0.25) is 0 Å². The third kappa shape index (κ3) is 7.89. The Labute approximate surface area is 91.9 Å². The molecular weight excluding hydrogens is 194 g/mol. The molecule has 0 spiro atoms. The lowest BCUT2D eigenvalue weighted by atomic mass is 10.3.